The third kappa shape index (κ3) is 4.94. The molecule has 3 heterocycles. The van der Waals surface area contributed by atoms with E-state index in [0.717, 1.165) is 39.6 Å². The van der Waals surface area contributed by atoms with Crippen molar-refractivity contribution >= 4 is 28.8 Å². The van der Waals surface area contributed by atoms with Gasteiger partial charge in [0.1, 0.15) is 5.75 Å². The molecule has 4 aromatic rings. The lowest BCUT2D eigenvalue weighted by atomic mass is 9.94. The molecular formula is C30H33N5O3. The lowest BCUT2D eigenvalue weighted by molar-refractivity contribution is -0.134. The van der Waals surface area contributed by atoms with Gasteiger partial charge in [-0.3, -0.25) is 14.0 Å². The molecule has 0 aliphatic carbocycles. The maximum absolute atomic E-state index is 13.2. The van der Waals surface area contributed by atoms with E-state index in [4.69, 9.17) is 4.74 Å². The van der Waals surface area contributed by atoms with E-state index >= 15 is 0 Å². The first-order chi connectivity index (χ1) is 18.4. The zero-order valence-corrected chi connectivity index (χ0v) is 22.3. The summed E-state index contributed by atoms with van der Waals surface area (Å²) in [6.45, 7) is 3.15. The van der Waals surface area contributed by atoms with Crippen LogP contribution in [0.3, 0.4) is 0 Å². The number of rotatable bonds is 6. The van der Waals surface area contributed by atoms with Gasteiger partial charge in [0.2, 0.25) is 5.91 Å². The fraction of sp³-hybridized carbons (Fsp3) is 0.300. The van der Waals surface area contributed by atoms with E-state index in [1.807, 2.05) is 78.8 Å². The zero-order chi connectivity index (χ0) is 26.8. The number of nitrogens with zero attached hydrogens (tertiary/aromatic N) is 4. The van der Waals surface area contributed by atoms with Crippen molar-refractivity contribution in [3.63, 3.8) is 0 Å². The summed E-state index contributed by atoms with van der Waals surface area (Å²) in [6.07, 6.45) is 5.27. The van der Waals surface area contributed by atoms with Gasteiger partial charge >= 0.3 is 0 Å². The molecule has 5 rings (SSSR count). The zero-order valence-electron chi connectivity index (χ0n) is 22.3. The highest BCUT2D eigenvalue weighted by Crippen LogP contribution is 2.29. The first-order valence-electron chi connectivity index (χ1n) is 12.8. The Kier molecular flexibility index (Phi) is 7.05. The second kappa shape index (κ2) is 10.6. The number of imidazole rings is 1. The Morgan fingerprint density at radius 2 is 1.79 bits per heavy atom. The second-order valence-electron chi connectivity index (χ2n) is 9.94. The van der Waals surface area contributed by atoms with Crippen LogP contribution in [0.1, 0.15) is 28.8 Å². The molecule has 1 saturated heterocycles. The van der Waals surface area contributed by atoms with E-state index in [2.05, 4.69) is 14.7 Å². The van der Waals surface area contributed by atoms with E-state index in [0.29, 0.717) is 31.5 Å². The number of hydrogen-bond acceptors (Lipinski definition) is 5. The van der Waals surface area contributed by atoms with E-state index in [1.165, 1.54) is 0 Å². The summed E-state index contributed by atoms with van der Waals surface area (Å²) in [7, 11) is 5.22. The molecule has 8 nitrogen and oxygen atoms in total. The molecule has 0 atom stereocenters. The maximum Gasteiger partial charge on any atom is 0.254 e. The minimum atomic E-state index is -0.00247. The molecule has 1 N–H and O–H groups in total. The Morgan fingerprint density at radius 3 is 2.45 bits per heavy atom. The largest absolute Gasteiger partial charge is 0.497 e. The van der Waals surface area contributed by atoms with Crippen LogP contribution in [-0.4, -0.2) is 65.3 Å². The van der Waals surface area contributed by atoms with Gasteiger partial charge in [-0.1, -0.05) is 0 Å². The highest BCUT2D eigenvalue weighted by Gasteiger charge is 2.29. The number of benzene rings is 2. The molecule has 2 aromatic carbocycles. The van der Waals surface area contributed by atoms with Crippen molar-refractivity contribution in [1.82, 2.24) is 19.2 Å². The number of methoxy groups -OCH3 is 1. The van der Waals surface area contributed by atoms with Gasteiger partial charge in [-0.05, 0) is 79.9 Å². The summed E-state index contributed by atoms with van der Waals surface area (Å²) in [5.74, 6) is 0.972. The Hall–Kier alpha value is -4.33. The highest BCUT2D eigenvalue weighted by atomic mass is 16.5. The third-order valence-corrected chi connectivity index (χ3v) is 7.23. The van der Waals surface area contributed by atoms with Crippen molar-refractivity contribution in [2.45, 2.75) is 19.8 Å². The van der Waals surface area contributed by atoms with Crippen molar-refractivity contribution < 1.29 is 14.3 Å². The molecule has 196 valence electrons. The van der Waals surface area contributed by atoms with Gasteiger partial charge in [0.05, 0.1) is 24.7 Å². The monoisotopic (exact) mass is 511 g/mol. The Morgan fingerprint density at radius 1 is 1.05 bits per heavy atom. The molecule has 38 heavy (non-hydrogen) atoms. The van der Waals surface area contributed by atoms with Crippen molar-refractivity contribution in [3.8, 4) is 17.0 Å². The van der Waals surface area contributed by atoms with Crippen molar-refractivity contribution in [2.75, 3.05) is 39.6 Å². The Bertz CT molecular complexity index is 1470. The fourth-order valence-corrected chi connectivity index (χ4v) is 5.09. The van der Waals surface area contributed by atoms with Crippen LogP contribution in [-0.2, 0) is 4.79 Å². The number of aryl methyl sites for hydroxylation is 1. The summed E-state index contributed by atoms with van der Waals surface area (Å²) in [5.41, 5.74) is 6.19. The SMILES string of the molecule is COc1ccc(-c2cnc3c(Nc4ccc(C(=O)N5CCC(C(=O)N(C)C)CC5)c(C)c4)cccn23)cc1. The maximum atomic E-state index is 13.2. The van der Waals surface area contributed by atoms with Gasteiger partial charge in [0.25, 0.3) is 5.91 Å². The average Bonchev–Trinajstić information content (AvgIpc) is 3.38. The first kappa shape index (κ1) is 25.3. The minimum absolute atomic E-state index is 0.00247. The number of nitrogens with one attached hydrogen (secondary N) is 1. The molecule has 8 heteroatoms. The molecule has 0 spiro atoms. The van der Waals surface area contributed by atoms with Crippen molar-refractivity contribution in [3.05, 3.63) is 78.1 Å². The number of carbonyl (C=O) groups excluding carboxylic acids is 2. The topological polar surface area (TPSA) is 79.2 Å². The third-order valence-electron chi connectivity index (χ3n) is 7.23. The lowest BCUT2D eigenvalue weighted by Gasteiger charge is -2.32. The van der Waals surface area contributed by atoms with Crippen LogP contribution in [0.25, 0.3) is 16.9 Å². The van der Waals surface area contributed by atoms with Crippen LogP contribution in [0.2, 0.25) is 0 Å². The summed E-state index contributed by atoms with van der Waals surface area (Å²) >= 11 is 0. The summed E-state index contributed by atoms with van der Waals surface area (Å²) in [4.78, 5) is 33.7. The molecule has 2 amide bonds. The number of aromatic nitrogens is 2. The molecule has 0 saturated carbocycles. The highest BCUT2D eigenvalue weighted by molar-refractivity contribution is 5.96. The molecule has 1 aliphatic rings. The molecule has 0 unspecified atom stereocenters. The van der Waals surface area contributed by atoms with Gasteiger partial charge in [-0.2, -0.15) is 0 Å². The summed E-state index contributed by atoms with van der Waals surface area (Å²) in [6, 6.07) is 17.7. The van der Waals surface area contributed by atoms with Crippen LogP contribution in [0.15, 0.2) is 67.0 Å². The lowest BCUT2D eigenvalue weighted by Crippen LogP contribution is -2.42. The van der Waals surface area contributed by atoms with E-state index < -0.39 is 0 Å². The fourth-order valence-electron chi connectivity index (χ4n) is 5.09. The number of likely N-dealkylation sites (tertiary alicyclic amines) is 1. The molecule has 1 aliphatic heterocycles. The number of fused-ring (bicyclic) bond motifs is 1. The standard InChI is InChI=1S/C30H33N5O3/c1-20-18-23(9-12-25(20)30(37)34-16-13-22(14-17-34)29(36)33(2)3)32-26-6-5-15-35-27(19-31-28(26)35)21-7-10-24(38-4)11-8-21/h5-12,15,18-19,22,32H,13-14,16-17H2,1-4H3. The predicted molar refractivity (Wildman–Crippen MR) is 149 cm³/mol. The summed E-state index contributed by atoms with van der Waals surface area (Å²) in [5, 5.41) is 3.47. The Labute approximate surface area is 222 Å². The van der Waals surface area contributed by atoms with Crippen molar-refractivity contribution in [2.24, 2.45) is 5.92 Å². The number of ether oxygens (including phenoxy) is 1. The average molecular weight is 512 g/mol. The van der Waals surface area contributed by atoms with Crippen LogP contribution in [0.5, 0.6) is 5.75 Å². The molecule has 2 aromatic heterocycles. The van der Waals surface area contributed by atoms with Crippen LogP contribution < -0.4 is 10.1 Å². The number of piperidine rings is 1. The normalized spacial score (nSPS) is 13.9. The van der Waals surface area contributed by atoms with Crippen LogP contribution in [0.4, 0.5) is 11.4 Å². The van der Waals surface area contributed by atoms with E-state index in [9.17, 15) is 9.59 Å². The van der Waals surface area contributed by atoms with Crippen LogP contribution in [0, 0.1) is 12.8 Å². The molecule has 0 radical (unpaired) electrons. The molecule has 1 fully saturated rings. The number of anilines is 2. The van der Waals surface area contributed by atoms with Crippen molar-refractivity contribution in [1.29, 1.82) is 0 Å². The van der Waals surface area contributed by atoms with Gasteiger partial charge < -0.3 is 19.9 Å². The quantitative estimate of drug-likeness (QED) is 0.394. The second-order valence-corrected chi connectivity index (χ2v) is 9.94. The van der Waals surface area contributed by atoms with Crippen LogP contribution >= 0.6 is 0 Å². The molecular weight excluding hydrogens is 478 g/mol. The number of hydrogen-bond donors (Lipinski definition) is 1. The van der Waals surface area contributed by atoms with Gasteiger partial charge in [0.15, 0.2) is 5.65 Å². The summed E-state index contributed by atoms with van der Waals surface area (Å²) < 4.78 is 7.33. The number of carbonyl (C=O) groups is 2. The van der Waals surface area contributed by atoms with E-state index in [-0.39, 0.29) is 17.7 Å². The van der Waals surface area contributed by atoms with Gasteiger partial charge in [-0.15, -0.1) is 0 Å². The van der Waals surface area contributed by atoms with Gasteiger partial charge in [-0.25, -0.2) is 4.98 Å². The first-order valence-corrected chi connectivity index (χ1v) is 12.8. The number of amides is 2. The molecule has 0 bridgehead atoms. The Balaban J connectivity index is 1.31. The minimum Gasteiger partial charge on any atom is -0.497 e. The predicted octanol–water partition coefficient (Wildman–Crippen LogP) is 5.00. The number of pyridine rings is 1. The van der Waals surface area contributed by atoms with E-state index in [1.54, 1.807) is 26.1 Å². The van der Waals surface area contributed by atoms with Gasteiger partial charge in [0, 0.05) is 56.1 Å². The smallest absolute Gasteiger partial charge is 0.254 e.